The van der Waals surface area contributed by atoms with Gasteiger partial charge in [-0.2, -0.15) is 5.26 Å². The third-order valence-electron chi connectivity index (χ3n) is 4.44. The van der Waals surface area contributed by atoms with E-state index in [0.717, 1.165) is 11.1 Å². The van der Waals surface area contributed by atoms with Gasteiger partial charge < -0.3 is 9.80 Å². The summed E-state index contributed by atoms with van der Waals surface area (Å²) in [5.41, 5.74) is 2.85. The van der Waals surface area contributed by atoms with Crippen LogP contribution in [0.2, 0.25) is 0 Å². The van der Waals surface area contributed by atoms with Crippen molar-refractivity contribution in [2.24, 2.45) is 0 Å². The summed E-state index contributed by atoms with van der Waals surface area (Å²) < 4.78 is 0. The third kappa shape index (κ3) is 3.64. The van der Waals surface area contributed by atoms with Gasteiger partial charge in [-0.1, -0.05) is 18.2 Å². The highest BCUT2D eigenvalue weighted by molar-refractivity contribution is 5.84. The lowest BCUT2D eigenvalue weighted by atomic mass is 10.1. The quantitative estimate of drug-likeness (QED) is 0.624. The zero-order valence-electron chi connectivity index (χ0n) is 14.4. The van der Waals surface area contributed by atoms with E-state index >= 15 is 0 Å². The molecule has 0 N–H and O–H groups in total. The molecule has 1 aliphatic heterocycles. The number of piperazine rings is 1. The minimum absolute atomic E-state index is 0.0262. The molecule has 7 heteroatoms. The second-order valence-corrected chi connectivity index (χ2v) is 6.29. The van der Waals surface area contributed by atoms with Crippen molar-refractivity contribution in [2.45, 2.75) is 13.5 Å². The number of hydrogen-bond acceptors (Lipinski definition) is 5. The molecule has 132 valence electrons. The van der Waals surface area contributed by atoms with Crippen molar-refractivity contribution >= 4 is 17.3 Å². The van der Waals surface area contributed by atoms with Crippen molar-refractivity contribution in [3.8, 4) is 6.07 Å². The maximum absolute atomic E-state index is 12.5. The average Bonchev–Trinajstić information content (AvgIpc) is 2.64. The topological polar surface area (TPSA) is 90.5 Å². The van der Waals surface area contributed by atoms with E-state index in [9.17, 15) is 14.9 Å². The van der Waals surface area contributed by atoms with Gasteiger partial charge in [0.1, 0.15) is 5.69 Å². The monoisotopic (exact) mass is 350 g/mol. The summed E-state index contributed by atoms with van der Waals surface area (Å²) in [6.45, 7) is 3.40. The van der Waals surface area contributed by atoms with Crippen LogP contribution in [-0.2, 0) is 11.3 Å². The third-order valence-corrected chi connectivity index (χ3v) is 4.44. The molecule has 2 aromatic rings. The van der Waals surface area contributed by atoms with Crippen molar-refractivity contribution in [2.75, 3.05) is 24.5 Å². The van der Waals surface area contributed by atoms with Gasteiger partial charge >= 0.3 is 0 Å². The van der Waals surface area contributed by atoms with E-state index in [2.05, 4.69) is 6.07 Å². The largest absolute Gasteiger partial charge is 0.355 e. The number of anilines is 1. The first-order valence-corrected chi connectivity index (χ1v) is 8.25. The van der Waals surface area contributed by atoms with Gasteiger partial charge in [-0.25, -0.2) is 0 Å². The highest BCUT2D eigenvalue weighted by Gasteiger charge is 2.28. The smallest absolute Gasteiger partial charge is 0.292 e. The van der Waals surface area contributed by atoms with Gasteiger partial charge in [0.05, 0.1) is 23.1 Å². The second kappa shape index (κ2) is 7.23. The van der Waals surface area contributed by atoms with Crippen LogP contribution in [-0.4, -0.2) is 35.4 Å². The van der Waals surface area contributed by atoms with Crippen LogP contribution >= 0.6 is 0 Å². The Balaban J connectivity index is 1.71. The van der Waals surface area contributed by atoms with Gasteiger partial charge in [0, 0.05) is 25.7 Å². The highest BCUT2D eigenvalue weighted by Crippen LogP contribution is 2.30. The van der Waals surface area contributed by atoms with E-state index in [4.69, 9.17) is 5.26 Å². The molecule has 3 rings (SSSR count). The van der Waals surface area contributed by atoms with E-state index in [0.29, 0.717) is 30.9 Å². The molecule has 0 spiro atoms. The Hall–Kier alpha value is -3.40. The average molecular weight is 350 g/mol. The molecule has 0 saturated carbocycles. The molecule has 7 nitrogen and oxygen atoms in total. The number of nitriles is 1. The highest BCUT2D eigenvalue weighted by atomic mass is 16.6. The summed E-state index contributed by atoms with van der Waals surface area (Å²) >= 11 is 0. The Bertz CT molecular complexity index is 887. The Labute approximate surface area is 151 Å². The molecule has 1 heterocycles. The molecule has 0 bridgehead atoms. The van der Waals surface area contributed by atoms with Crippen molar-refractivity contribution in [3.63, 3.8) is 0 Å². The molecule has 2 aromatic carbocycles. The summed E-state index contributed by atoms with van der Waals surface area (Å²) in [4.78, 5) is 26.9. The van der Waals surface area contributed by atoms with Crippen LogP contribution in [0.5, 0.6) is 0 Å². The van der Waals surface area contributed by atoms with Crippen molar-refractivity contribution in [3.05, 3.63) is 69.3 Å². The molecule has 0 aliphatic carbocycles. The number of amides is 1. The van der Waals surface area contributed by atoms with Crippen molar-refractivity contribution < 1.29 is 9.72 Å². The Kier molecular flexibility index (Phi) is 4.85. The van der Waals surface area contributed by atoms with Gasteiger partial charge in [-0.3, -0.25) is 14.9 Å². The van der Waals surface area contributed by atoms with Crippen molar-refractivity contribution in [1.82, 2.24) is 4.90 Å². The summed E-state index contributed by atoms with van der Waals surface area (Å²) in [6.07, 6.45) is 0. The second-order valence-electron chi connectivity index (χ2n) is 6.29. The van der Waals surface area contributed by atoms with Crippen LogP contribution in [0.4, 0.5) is 11.4 Å². The number of nitro benzene ring substituents is 1. The molecule has 0 aromatic heterocycles. The molecule has 1 aliphatic rings. The molecular weight excluding hydrogens is 332 g/mol. The Morgan fingerprint density at radius 3 is 2.54 bits per heavy atom. The number of aryl methyl sites for hydroxylation is 1. The number of carbonyl (C=O) groups is 1. The number of nitro groups is 1. The van der Waals surface area contributed by atoms with E-state index in [-0.39, 0.29) is 18.1 Å². The zero-order chi connectivity index (χ0) is 18.7. The van der Waals surface area contributed by atoms with Gasteiger partial charge in [-0.15, -0.1) is 0 Å². The maximum Gasteiger partial charge on any atom is 0.292 e. The molecule has 1 saturated heterocycles. The molecule has 0 radical (unpaired) electrons. The fourth-order valence-electron chi connectivity index (χ4n) is 3.03. The summed E-state index contributed by atoms with van der Waals surface area (Å²) in [5, 5.41) is 20.2. The molecule has 26 heavy (non-hydrogen) atoms. The lowest BCUT2D eigenvalue weighted by molar-refractivity contribution is -0.384. The van der Waals surface area contributed by atoms with Crippen LogP contribution in [0.3, 0.4) is 0 Å². The number of rotatable bonds is 4. The minimum atomic E-state index is -0.407. The first-order valence-electron chi connectivity index (χ1n) is 8.25. The fraction of sp³-hybridized carbons (Fsp3) is 0.263. The molecular formula is C19H18N4O3. The van der Waals surface area contributed by atoms with Crippen LogP contribution in [0.25, 0.3) is 0 Å². The predicted molar refractivity (Wildman–Crippen MR) is 96.6 cm³/mol. The first-order chi connectivity index (χ1) is 12.5. The van der Waals surface area contributed by atoms with Crippen LogP contribution < -0.4 is 4.90 Å². The summed E-state index contributed by atoms with van der Waals surface area (Å²) in [5.74, 6) is -0.0736. The number of nitrogens with zero attached hydrogens (tertiary/aromatic N) is 4. The van der Waals surface area contributed by atoms with Crippen LogP contribution in [0.1, 0.15) is 16.7 Å². The molecule has 0 unspecified atom stereocenters. The fourth-order valence-corrected chi connectivity index (χ4v) is 3.03. The van der Waals surface area contributed by atoms with E-state index in [1.54, 1.807) is 34.9 Å². The maximum atomic E-state index is 12.5. The number of benzene rings is 2. The van der Waals surface area contributed by atoms with Gasteiger partial charge in [0.2, 0.25) is 5.91 Å². The first kappa shape index (κ1) is 17.4. The standard InChI is InChI=1S/C19H18N4O3/c1-14-2-7-17(18(10-14)23(25)26)21-8-9-22(19(24)13-21)12-16-5-3-15(11-20)4-6-16/h2-7,10H,8-9,12-13H2,1H3. The predicted octanol–water partition coefficient (Wildman–Crippen LogP) is 2.62. The SMILES string of the molecule is Cc1ccc(N2CCN(Cc3ccc(C#N)cc3)C(=O)C2)c([N+](=O)[O-])c1. The van der Waals surface area contributed by atoms with Gasteiger partial charge in [0.15, 0.2) is 0 Å². The Morgan fingerprint density at radius 2 is 1.92 bits per heavy atom. The number of carbonyl (C=O) groups excluding carboxylic acids is 1. The van der Waals surface area contributed by atoms with E-state index in [1.165, 1.54) is 6.07 Å². The zero-order valence-corrected chi connectivity index (χ0v) is 14.4. The lowest BCUT2D eigenvalue weighted by Gasteiger charge is -2.35. The molecule has 1 fully saturated rings. The van der Waals surface area contributed by atoms with Gasteiger partial charge in [-0.05, 0) is 36.2 Å². The van der Waals surface area contributed by atoms with E-state index < -0.39 is 4.92 Å². The Morgan fingerprint density at radius 1 is 1.19 bits per heavy atom. The van der Waals surface area contributed by atoms with E-state index in [1.807, 2.05) is 18.2 Å². The van der Waals surface area contributed by atoms with Crippen LogP contribution in [0.15, 0.2) is 42.5 Å². The normalized spacial score (nSPS) is 14.2. The molecule has 1 amide bonds. The van der Waals surface area contributed by atoms with Gasteiger partial charge in [0.25, 0.3) is 5.69 Å². The number of hydrogen-bond donors (Lipinski definition) is 0. The van der Waals surface area contributed by atoms with Crippen LogP contribution in [0, 0.1) is 28.4 Å². The summed E-state index contributed by atoms with van der Waals surface area (Å²) in [7, 11) is 0. The minimum Gasteiger partial charge on any atom is -0.355 e. The van der Waals surface area contributed by atoms with Crippen molar-refractivity contribution in [1.29, 1.82) is 5.26 Å². The lowest BCUT2D eigenvalue weighted by Crippen LogP contribution is -2.50. The summed E-state index contributed by atoms with van der Waals surface area (Å²) in [6, 6.07) is 14.2. The molecule has 0 atom stereocenters.